The molecule has 1 unspecified atom stereocenters. The summed E-state index contributed by atoms with van der Waals surface area (Å²) in [7, 11) is 0. The molecule has 0 aromatic rings. The maximum Gasteiger partial charge on any atom is 0.0480 e. The van der Waals surface area contributed by atoms with Crippen molar-refractivity contribution in [2.75, 3.05) is 19.8 Å². The summed E-state index contributed by atoms with van der Waals surface area (Å²) in [6, 6.07) is 0.721. The number of hydrogen-bond acceptors (Lipinski definition) is 2. The molecule has 12 heavy (non-hydrogen) atoms. The molecule has 0 bridgehead atoms. The summed E-state index contributed by atoms with van der Waals surface area (Å²) in [4.78, 5) is 0. The van der Waals surface area contributed by atoms with Crippen molar-refractivity contribution in [1.82, 2.24) is 5.32 Å². The maximum atomic E-state index is 5.39. The molecule has 1 saturated heterocycles. The van der Waals surface area contributed by atoms with Gasteiger partial charge < -0.3 is 10.1 Å². The van der Waals surface area contributed by atoms with Crippen molar-refractivity contribution in [3.63, 3.8) is 0 Å². The summed E-state index contributed by atoms with van der Waals surface area (Å²) in [5.74, 6) is 0. The minimum Gasteiger partial charge on any atom is -0.381 e. The average molecular weight is 171 g/mol. The molecule has 1 N–H and O–H groups in total. The van der Waals surface area contributed by atoms with Gasteiger partial charge in [0.1, 0.15) is 0 Å². The molecule has 2 nitrogen and oxygen atoms in total. The van der Waals surface area contributed by atoms with E-state index in [-0.39, 0.29) is 0 Å². The van der Waals surface area contributed by atoms with Crippen LogP contribution in [0.1, 0.15) is 39.0 Å². The second kappa shape index (κ2) is 6.44. The SMILES string of the molecule is CCCCNC1CCCOCC1. The third kappa shape index (κ3) is 4.07. The Labute approximate surface area is 75.7 Å². The summed E-state index contributed by atoms with van der Waals surface area (Å²) in [5, 5.41) is 3.58. The van der Waals surface area contributed by atoms with Gasteiger partial charge in [0.15, 0.2) is 0 Å². The van der Waals surface area contributed by atoms with E-state index in [4.69, 9.17) is 4.74 Å². The van der Waals surface area contributed by atoms with Crippen molar-refractivity contribution < 1.29 is 4.74 Å². The summed E-state index contributed by atoms with van der Waals surface area (Å²) in [5.41, 5.74) is 0. The van der Waals surface area contributed by atoms with Crippen molar-refractivity contribution in [3.05, 3.63) is 0 Å². The Bertz CT molecular complexity index is 98.0. The zero-order valence-electron chi connectivity index (χ0n) is 8.14. The third-order valence-corrected chi connectivity index (χ3v) is 2.42. The van der Waals surface area contributed by atoms with Crippen molar-refractivity contribution >= 4 is 0 Å². The second-order valence-corrected chi connectivity index (χ2v) is 3.55. The van der Waals surface area contributed by atoms with E-state index in [9.17, 15) is 0 Å². The first-order valence-electron chi connectivity index (χ1n) is 5.24. The lowest BCUT2D eigenvalue weighted by Gasteiger charge is -2.14. The van der Waals surface area contributed by atoms with Crippen LogP contribution in [0, 0.1) is 0 Å². The second-order valence-electron chi connectivity index (χ2n) is 3.55. The van der Waals surface area contributed by atoms with Gasteiger partial charge in [-0.3, -0.25) is 0 Å². The molecule has 0 aromatic carbocycles. The first-order chi connectivity index (χ1) is 5.93. The zero-order valence-corrected chi connectivity index (χ0v) is 8.14. The van der Waals surface area contributed by atoms with E-state index >= 15 is 0 Å². The summed E-state index contributed by atoms with van der Waals surface area (Å²) >= 11 is 0. The van der Waals surface area contributed by atoms with Crippen molar-refractivity contribution in [2.45, 2.75) is 45.1 Å². The molecule has 1 aliphatic rings. The van der Waals surface area contributed by atoms with E-state index in [0.29, 0.717) is 0 Å². The zero-order chi connectivity index (χ0) is 8.65. The van der Waals surface area contributed by atoms with Crippen LogP contribution in [0.5, 0.6) is 0 Å². The Hall–Kier alpha value is -0.0800. The van der Waals surface area contributed by atoms with E-state index in [1.165, 1.54) is 38.6 Å². The average Bonchev–Trinajstić information content (AvgIpc) is 2.33. The molecule has 2 heteroatoms. The highest BCUT2D eigenvalue weighted by molar-refractivity contribution is 4.68. The summed E-state index contributed by atoms with van der Waals surface area (Å²) in [6.07, 6.45) is 6.31. The molecule has 0 spiro atoms. The molecule has 72 valence electrons. The highest BCUT2D eigenvalue weighted by Crippen LogP contribution is 2.07. The van der Waals surface area contributed by atoms with Gasteiger partial charge in [-0.15, -0.1) is 0 Å². The molecule has 0 radical (unpaired) electrons. The van der Waals surface area contributed by atoms with Gasteiger partial charge in [0, 0.05) is 19.3 Å². The third-order valence-electron chi connectivity index (χ3n) is 2.42. The van der Waals surface area contributed by atoms with Gasteiger partial charge in [-0.05, 0) is 32.2 Å². The molecule has 0 amide bonds. The van der Waals surface area contributed by atoms with Gasteiger partial charge in [-0.2, -0.15) is 0 Å². The molecule has 1 heterocycles. The Morgan fingerprint density at radius 3 is 3.08 bits per heavy atom. The minimum absolute atomic E-state index is 0.721. The van der Waals surface area contributed by atoms with Gasteiger partial charge in [-0.1, -0.05) is 13.3 Å². The smallest absolute Gasteiger partial charge is 0.0480 e. The van der Waals surface area contributed by atoms with Crippen LogP contribution >= 0.6 is 0 Å². The Kier molecular flexibility index (Phi) is 5.37. The molecule has 1 atom stereocenters. The number of rotatable bonds is 4. The molecule has 0 aliphatic carbocycles. The summed E-state index contributed by atoms with van der Waals surface area (Å²) < 4.78 is 5.39. The van der Waals surface area contributed by atoms with Crippen LogP contribution in [-0.2, 0) is 4.74 Å². The first kappa shape index (κ1) is 10.0. The fourth-order valence-corrected chi connectivity index (χ4v) is 1.59. The molecule has 0 saturated carbocycles. The molecule has 1 aliphatic heterocycles. The van der Waals surface area contributed by atoms with E-state index in [1.54, 1.807) is 0 Å². The van der Waals surface area contributed by atoms with Gasteiger partial charge >= 0.3 is 0 Å². The van der Waals surface area contributed by atoms with Crippen LogP contribution in [0.3, 0.4) is 0 Å². The van der Waals surface area contributed by atoms with E-state index < -0.39 is 0 Å². The first-order valence-corrected chi connectivity index (χ1v) is 5.24. The van der Waals surface area contributed by atoms with Crippen molar-refractivity contribution in [3.8, 4) is 0 Å². The number of nitrogens with one attached hydrogen (secondary N) is 1. The molecular weight excluding hydrogens is 150 g/mol. The predicted octanol–water partition coefficient (Wildman–Crippen LogP) is 1.95. The fraction of sp³-hybridized carbons (Fsp3) is 1.00. The van der Waals surface area contributed by atoms with E-state index in [1.807, 2.05) is 0 Å². The van der Waals surface area contributed by atoms with Gasteiger partial charge in [-0.25, -0.2) is 0 Å². The molecule has 1 rings (SSSR count). The van der Waals surface area contributed by atoms with Crippen LogP contribution in [0.15, 0.2) is 0 Å². The van der Waals surface area contributed by atoms with Crippen molar-refractivity contribution in [1.29, 1.82) is 0 Å². The van der Waals surface area contributed by atoms with E-state index in [2.05, 4.69) is 12.2 Å². The molecular formula is C10H21NO. The van der Waals surface area contributed by atoms with Gasteiger partial charge in [0.2, 0.25) is 0 Å². The standard InChI is InChI=1S/C10H21NO/c1-2-3-7-11-10-5-4-8-12-9-6-10/h10-11H,2-9H2,1H3. The maximum absolute atomic E-state index is 5.39. The lowest BCUT2D eigenvalue weighted by molar-refractivity contribution is 0.142. The largest absolute Gasteiger partial charge is 0.381 e. The molecule has 1 fully saturated rings. The Morgan fingerprint density at radius 2 is 2.25 bits per heavy atom. The van der Waals surface area contributed by atoms with Crippen LogP contribution in [0.4, 0.5) is 0 Å². The van der Waals surface area contributed by atoms with Gasteiger partial charge in [0.05, 0.1) is 0 Å². The van der Waals surface area contributed by atoms with Crippen LogP contribution in [-0.4, -0.2) is 25.8 Å². The Balaban J connectivity index is 2.04. The number of ether oxygens (including phenoxy) is 1. The predicted molar refractivity (Wildman–Crippen MR) is 51.4 cm³/mol. The topological polar surface area (TPSA) is 21.3 Å². The normalized spacial score (nSPS) is 25.2. The van der Waals surface area contributed by atoms with Crippen molar-refractivity contribution in [2.24, 2.45) is 0 Å². The minimum atomic E-state index is 0.721. The van der Waals surface area contributed by atoms with Crippen LogP contribution < -0.4 is 5.32 Å². The lowest BCUT2D eigenvalue weighted by atomic mass is 10.1. The molecule has 0 aromatic heterocycles. The fourth-order valence-electron chi connectivity index (χ4n) is 1.59. The monoisotopic (exact) mass is 171 g/mol. The highest BCUT2D eigenvalue weighted by Gasteiger charge is 2.10. The number of hydrogen-bond donors (Lipinski definition) is 1. The van der Waals surface area contributed by atoms with Crippen LogP contribution in [0.25, 0.3) is 0 Å². The quantitative estimate of drug-likeness (QED) is 0.653. The Morgan fingerprint density at radius 1 is 1.33 bits per heavy atom. The van der Waals surface area contributed by atoms with Gasteiger partial charge in [0.25, 0.3) is 0 Å². The number of unbranched alkanes of at least 4 members (excludes halogenated alkanes) is 1. The lowest BCUT2D eigenvalue weighted by Crippen LogP contribution is -2.29. The summed E-state index contributed by atoms with van der Waals surface area (Å²) in [6.45, 7) is 5.33. The highest BCUT2D eigenvalue weighted by atomic mass is 16.5. The van der Waals surface area contributed by atoms with E-state index in [0.717, 1.165) is 19.3 Å². The van der Waals surface area contributed by atoms with Crippen LogP contribution in [0.2, 0.25) is 0 Å².